The second-order valence-corrected chi connectivity index (χ2v) is 7.06. The molecule has 0 atom stereocenters. The van der Waals surface area contributed by atoms with E-state index in [4.69, 9.17) is 4.74 Å². The summed E-state index contributed by atoms with van der Waals surface area (Å²) < 4.78 is 4.87. The SMILES string of the molecule is COC(=O)C1CCN(Cc2c(C)cc(C3CNC3)cc2C)CC1. The summed E-state index contributed by atoms with van der Waals surface area (Å²) in [7, 11) is 1.49. The molecule has 0 unspecified atom stereocenters. The highest BCUT2D eigenvalue weighted by atomic mass is 16.5. The number of rotatable bonds is 4. The fourth-order valence-corrected chi connectivity index (χ4v) is 3.75. The van der Waals surface area contributed by atoms with Gasteiger partial charge in [0.1, 0.15) is 0 Å². The number of benzene rings is 1. The number of hydrogen-bond acceptors (Lipinski definition) is 4. The summed E-state index contributed by atoms with van der Waals surface area (Å²) in [6.45, 7) is 9.64. The van der Waals surface area contributed by atoms with Crippen molar-refractivity contribution in [2.75, 3.05) is 33.3 Å². The first-order valence-corrected chi connectivity index (χ1v) is 8.69. The number of ether oxygens (including phenoxy) is 1. The van der Waals surface area contributed by atoms with Crippen LogP contribution in [0.25, 0.3) is 0 Å². The molecule has 4 nitrogen and oxygen atoms in total. The summed E-state index contributed by atoms with van der Waals surface area (Å²) in [6, 6.07) is 4.74. The summed E-state index contributed by atoms with van der Waals surface area (Å²) in [5.41, 5.74) is 5.74. The van der Waals surface area contributed by atoms with E-state index in [1.165, 1.54) is 29.4 Å². The van der Waals surface area contributed by atoms with Gasteiger partial charge in [-0.3, -0.25) is 9.69 Å². The number of nitrogens with zero attached hydrogens (tertiary/aromatic N) is 1. The summed E-state index contributed by atoms with van der Waals surface area (Å²) in [4.78, 5) is 14.1. The summed E-state index contributed by atoms with van der Waals surface area (Å²) in [5, 5.41) is 3.35. The van der Waals surface area contributed by atoms with Crippen molar-refractivity contribution in [2.24, 2.45) is 5.92 Å². The molecule has 1 N–H and O–H groups in total. The minimum absolute atomic E-state index is 0.0459. The lowest BCUT2D eigenvalue weighted by molar-refractivity contribution is -0.147. The molecule has 126 valence electrons. The van der Waals surface area contributed by atoms with Gasteiger partial charge in [-0.15, -0.1) is 0 Å². The molecule has 1 aromatic rings. The fourth-order valence-electron chi connectivity index (χ4n) is 3.75. The highest BCUT2D eigenvalue weighted by Crippen LogP contribution is 2.27. The van der Waals surface area contributed by atoms with Crippen LogP contribution in [0.3, 0.4) is 0 Å². The quantitative estimate of drug-likeness (QED) is 0.866. The first-order valence-electron chi connectivity index (χ1n) is 8.69. The first-order chi connectivity index (χ1) is 11.1. The van der Waals surface area contributed by atoms with Gasteiger partial charge >= 0.3 is 5.97 Å². The van der Waals surface area contributed by atoms with Crippen LogP contribution in [0.1, 0.15) is 41.0 Å². The van der Waals surface area contributed by atoms with Gasteiger partial charge in [0.25, 0.3) is 0 Å². The Balaban J connectivity index is 1.63. The zero-order valence-electron chi connectivity index (χ0n) is 14.5. The van der Waals surface area contributed by atoms with Crippen molar-refractivity contribution in [3.05, 3.63) is 34.4 Å². The van der Waals surface area contributed by atoms with Crippen LogP contribution >= 0.6 is 0 Å². The molecule has 0 aliphatic carbocycles. The molecule has 23 heavy (non-hydrogen) atoms. The van der Waals surface area contributed by atoms with Crippen molar-refractivity contribution in [3.63, 3.8) is 0 Å². The molecule has 4 heteroatoms. The average Bonchev–Trinajstić information content (AvgIpc) is 2.49. The molecule has 0 aromatic heterocycles. The maximum Gasteiger partial charge on any atom is 0.308 e. The minimum Gasteiger partial charge on any atom is -0.469 e. The van der Waals surface area contributed by atoms with E-state index in [-0.39, 0.29) is 11.9 Å². The lowest BCUT2D eigenvalue weighted by Gasteiger charge is -2.32. The predicted octanol–water partition coefficient (Wildman–Crippen LogP) is 2.38. The topological polar surface area (TPSA) is 41.6 Å². The molecule has 0 spiro atoms. The molecule has 2 aliphatic rings. The predicted molar refractivity (Wildman–Crippen MR) is 91.5 cm³/mol. The number of aryl methyl sites for hydroxylation is 2. The standard InChI is InChI=1S/C19H28N2O2/c1-13-8-16(17-10-20-11-17)9-14(2)18(13)12-21-6-4-15(5-7-21)19(22)23-3/h8-9,15,17,20H,4-7,10-12H2,1-3H3. The number of nitrogens with one attached hydrogen (secondary N) is 1. The van der Waals surface area contributed by atoms with E-state index in [0.29, 0.717) is 5.92 Å². The van der Waals surface area contributed by atoms with Crippen LogP contribution in [0.15, 0.2) is 12.1 Å². The van der Waals surface area contributed by atoms with Crippen molar-refractivity contribution in [3.8, 4) is 0 Å². The number of hydrogen-bond donors (Lipinski definition) is 1. The first kappa shape index (κ1) is 16.5. The van der Waals surface area contributed by atoms with Crippen molar-refractivity contribution >= 4 is 5.97 Å². The van der Waals surface area contributed by atoms with E-state index in [1.54, 1.807) is 0 Å². The zero-order valence-corrected chi connectivity index (χ0v) is 14.5. The van der Waals surface area contributed by atoms with E-state index < -0.39 is 0 Å². The number of piperidine rings is 1. The Kier molecular flexibility index (Phi) is 5.02. The molecule has 0 amide bonds. The highest BCUT2D eigenvalue weighted by molar-refractivity contribution is 5.72. The molecule has 2 aliphatic heterocycles. The molecule has 0 saturated carbocycles. The number of esters is 1. The van der Waals surface area contributed by atoms with Crippen LogP contribution in [0.4, 0.5) is 0 Å². The molecule has 0 radical (unpaired) electrons. The fraction of sp³-hybridized carbons (Fsp3) is 0.632. The van der Waals surface area contributed by atoms with Crippen LogP contribution in [-0.4, -0.2) is 44.2 Å². The van der Waals surface area contributed by atoms with Crippen LogP contribution in [-0.2, 0) is 16.1 Å². The monoisotopic (exact) mass is 316 g/mol. The molecular weight excluding hydrogens is 288 g/mol. The van der Waals surface area contributed by atoms with Crippen LogP contribution in [0.2, 0.25) is 0 Å². The molecule has 2 heterocycles. The van der Waals surface area contributed by atoms with Crippen molar-refractivity contribution in [2.45, 2.75) is 39.2 Å². The Morgan fingerprint density at radius 1 is 1.22 bits per heavy atom. The number of methoxy groups -OCH3 is 1. The maximum absolute atomic E-state index is 11.6. The Hall–Kier alpha value is -1.39. The van der Waals surface area contributed by atoms with Gasteiger partial charge < -0.3 is 10.1 Å². The third-order valence-electron chi connectivity index (χ3n) is 5.48. The maximum atomic E-state index is 11.6. The number of carbonyl (C=O) groups is 1. The summed E-state index contributed by atoms with van der Waals surface area (Å²) in [5.74, 6) is 0.736. The summed E-state index contributed by atoms with van der Waals surface area (Å²) >= 11 is 0. The van der Waals surface area contributed by atoms with Crippen LogP contribution in [0, 0.1) is 19.8 Å². The van der Waals surface area contributed by atoms with Gasteiger partial charge in [-0.05, 0) is 62.0 Å². The lowest BCUT2D eigenvalue weighted by atomic mass is 9.88. The summed E-state index contributed by atoms with van der Waals surface area (Å²) in [6.07, 6.45) is 1.83. The highest BCUT2D eigenvalue weighted by Gasteiger charge is 2.26. The molecule has 0 bridgehead atoms. The Morgan fingerprint density at radius 2 is 1.83 bits per heavy atom. The Bertz CT molecular complexity index is 550. The van der Waals surface area contributed by atoms with Gasteiger partial charge in [0, 0.05) is 25.6 Å². The van der Waals surface area contributed by atoms with Gasteiger partial charge in [0.2, 0.25) is 0 Å². The van der Waals surface area contributed by atoms with E-state index in [1.807, 2.05) is 0 Å². The van der Waals surface area contributed by atoms with E-state index in [9.17, 15) is 4.79 Å². The second-order valence-electron chi connectivity index (χ2n) is 7.06. The Labute approximate surface area is 139 Å². The average molecular weight is 316 g/mol. The van der Waals surface area contributed by atoms with Crippen LogP contribution < -0.4 is 5.32 Å². The number of likely N-dealkylation sites (tertiary alicyclic amines) is 1. The molecule has 3 rings (SSSR count). The molecule has 1 aromatic carbocycles. The molecule has 2 fully saturated rings. The van der Waals surface area contributed by atoms with Crippen LogP contribution in [0.5, 0.6) is 0 Å². The smallest absolute Gasteiger partial charge is 0.308 e. The third kappa shape index (κ3) is 3.59. The van der Waals surface area contributed by atoms with E-state index >= 15 is 0 Å². The zero-order chi connectivity index (χ0) is 16.4. The van der Waals surface area contributed by atoms with Gasteiger partial charge in [-0.1, -0.05) is 12.1 Å². The van der Waals surface area contributed by atoms with E-state index in [2.05, 4.69) is 36.2 Å². The lowest BCUT2D eigenvalue weighted by Crippen LogP contribution is -2.40. The molecular formula is C19H28N2O2. The van der Waals surface area contributed by atoms with Crippen molar-refractivity contribution in [1.29, 1.82) is 0 Å². The normalized spacial score (nSPS) is 20.3. The van der Waals surface area contributed by atoms with Gasteiger partial charge in [-0.25, -0.2) is 0 Å². The largest absolute Gasteiger partial charge is 0.469 e. The van der Waals surface area contributed by atoms with Crippen molar-refractivity contribution in [1.82, 2.24) is 10.2 Å². The van der Waals surface area contributed by atoms with Gasteiger partial charge in [0.05, 0.1) is 13.0 Å². The Morgan fingerprint density at radius 3 is 2.30 bits per heavy atom. The minimum atomic E-state index is -0.0459. The van der Waals surface area contributed by atoms with Gasteiger partial charge in [0.15, 0.2) is 0 Å². The molecule has 2 saturated heterocycles. The van der Waals surface area contributed by atoms with Gasteiger partial charge in [-0.2, -0.15) is 0 Å². The number of carbonyl (C=O) groups excluding carboxylic acids is 1. The third-order valence-corrected chi connectivity index (χ3v) is 5.48. The van der Waals surface area contributed by atoms with E-state index in [0.717, 1.165) is 45.6 Å². The second kappa shape index (κ2) is 7.02. The van der Waals surface area contributed by atoms with Crippen molar-refractivity contribution < 1.29 is 9.53 Å².